The van der Waals surface area contributed by atoms with E-state index < -0.39 is 5.41 Å². The summed E-state index contributed by atoms with van der Waals surface area (Å²) in [6.07, 6.45) is 0. The Balaban J connectivity index is 0.000000216. The highest BCUT2D eigenvalue weighted by Crippen LogP contribution is 2.29. The zero-order valence-corrected chi connectivity index (χ0v) is 19.4. The van der Waals surface area contributed by atoms with Crippen molar-refractivity contribution < 1.29 is 9.63 Å². The molecule has 3 rings (SSSR count). The molecule has 10 heteroatoms. The van der Waals surface area contributed by atoms with Gasteiger partial charge < -0.3 is 10.6 Å². The van der Waals surface area contributed by atoms with E-state index in [1.807, 2.05) is 58.9 Å². The number of nitrogens with one attached hydrogen (secondary N) is 2. The van der Waals surface area contributed by atoms with Crippen LogP contribution in [0.15, 0.2) is 24.3 Å². The van der Waals surface area contributed by atoms with Gasteiger partial charge in [-0.1, -0.05) is 29.8 Å². The minimum atomic E-state index is -0.429. The zero-order chi connectivity index (χ0) is 22.3. The van der Waals surface area contributed by atoms with Crippen molar-refractivity contribution in [1.82, 2.24) is 20.0 Å². The van der Waals surface area contributed by atoms with Crippen LogP contribution in [-0.2, 0) is 16.2 Å². The lowest BCUT2D eigenvalue weighted by Gasteiger charge is -2.16. The molecule has 1 aromatic heterocycles. The van der Waals surface area contributed by atoms with Crippen molar-refractivity contribution in [2.75, 3.05) is 23.8 Å². The van der Waals surface area contributed by atoms with Crippen LogP contribution >= 0.6 is 23.2 Å². The van der Waals surface area contributed by atoms with Crippen LogP contribution in [-0.4, -0.2) is 45.1 Å². The molecule has 2 heterocycles. The number of hydrogen-bond donors (Lipinski definition) is 2. The largest absolute Gasteiger partial charge is 0.354 e. The number of anilines is 2. The summed E-state index contributed by atoms with van der Waals surface area (Å²) >= 11 is 11.8. The Morgan fingerprint density at radius 1 is 1.17 bits per heavy atom. The number of carbonyl (C=O) groups is 1. The average molecular weight is 455 g/mol. The molecule has 1 aliphatic rings. The van der Waals surface area contributed by atoms with Gasteiger partial charge in [-0.25, -0.2) is 5.06 Å². The first kappa shape index (κ1) is 24.1. The van der Waals surface area contributed by atoms with Gasteiger partial charge in [0.25, 0.3) is 5.91 Å². The van der Waals surface area contributed by atoms with Gasteiger partial charge >= 0.3 is 0 Å². The summed E-state index contributed by atoms with van der Waals surface area (Å²) in [5.74, 6) is 0.999. The first-order valence-corrected chi connectivity index (χ1v) is 10.5. The summed E-state index contributed by atoms with van der Waals surface area (Å²) in [6, 6.07) is 7.73. The lowest BCUT2D eigenvalue weighted by molar-refractivity contribution is -0.165. The highest BCUT2D eigenvalue weighted by molar-refractivity contribution is 6.31. The molecule has 0 spiro atoms. The molecular formula is C20H28Cl2N6O2. The maximum Gasteiger partial charge on any atom is 0.254 e. The van der Waals surface area contributed by atoms with Crippen molar-refractivity contribution in [1.29, 1.82) is 0 Å². The Morgan fingerprint density at radius 2 is 1.83 bits per heavy atom. The topological polar surface area (TPSA) is 92.3 Å². The number of hydrogen-bond acceptors (Lipinski definition) is 7. The number of amides is 1. The Bertz CT molecular complexity index is 863. The van der Waals surface area contributed by atoms with E-state index in [-0.39, 0.29) is 17.2 Å². The fourth-order valence-electron chi connectivity index (χ4n) is 2.51. The van der Waals surface area contributed by atoms with Crippen molar-refractivity contribution in [2.45, 2.75) is 47.2 Å². The van der Waals surface area contributed by atoms with Gasteiger partial charge in [-0.2, -0.15) is 15.0 Å². The third-order valence-corrected chi connectivity index (χ3v) is 4.56. The molecule has 0 unspecified atom stereocenters. The van der Waals surface area contributed by atoms with Crippen molar-refractivity contribution >= 4 is 41.0 Å². The van der Waals surface area contributed by atoms with E-state index in [1.54, 1.807) is 0 Å². The summed E-state index contributed by atoms with van der Waals surface area (Å²) in [7, 11) is 0. The molecule has 0 radical (unpaired) electrons. The Morgan fingerprint density at radius 3 is 2.40 bits per heavy atom. The summed E-state index contributed by atoms with van der Waals surface area (Å²) < 4.78 is 0. The predicted molar refractivity (Wildman–Crippen MR) is 119 cm³/mol. The van der Waals surface area contributed by atoms with E-state index in [0.29, 0.717) is 30.1 Å². The van der Waals surface area contributed by atoms with Crippen LogP contribution in [0.2, 0.25) is 10.3 Å². The van der Waals surface area contributed by atoms with E-state index >= 15 is 0 Å². The van der Waals surface area contributed by atoms with Gasteiger partial charge in [0, 0.05) is 17.6 Å². The minimum absolute atomic E-state index is 0.00687. The second-order valence-electron chi connectivity index (χ2n) is 7.67. The second kappa shape index (κ2) is 10.7. The van der Waals surface area contributed by atoms with E-state index in [2.05, 4.69) is 25.6 Å². The normalized spacial score (nSPS) is 15.1. The Labute approximate surface area is 187 Å². The van der Waals surface area contributed by atoms with Crippen LogP contribution in [0.5, 0.6) is 0 Å². The molecule has 1 saturated heterocycles. The van der Waals surface area contributed by atoms with Crippen molar-refractivity contribution in [3.05, 3.63) is 40.1 Å². The second-order valence-corrected chi connectivity index (χ2v) is 8.42. The number of nitrogens with zero attached hydrogens (tertiary/aromatic N) is 4. The molecule has 0 saturated carbocycles. The zero-order valence-electron chi connectivity index (χ0n) is 17.9. The van der Waals surface area contributed by atoms with Gasteiger partial charge in [0.05, 0.1) is 18.6 Å². The molecular weight excluding hydrogens is 427 g/mol. The minimum Gasteiger partial charge on any atom is -0.354 e. The lowest BCUT2D eigenvalue weighted by atomic mass is 9.95. The van der Waals surface area contributed by atoms with Gasteiger partial charge in [0.2, 0.25) is 17.2 Å². The van der Waals surface area contributed by atoms with Crippen LogP contribution in [0.25, 0.3) is 0 Å². The van der Waals surface area contributed by atoms with Crippen LogP contribution in [0.3, 0.4) is 0 Å². The summed E-state index contributed by atoms with van der Waals surface area (Å²) in [6.45, 7) is 11.3. The molecule has 8 nitrogen and oxygen atoms in total. The SMILES string of the molecule is CC1(C)CON(Cc2ccccc2Cl)C1=O.CCNc1nc(Cl)nc(NC(C)C)n1. The predicted octanol–water partition coefficient (Wildman–Crippen LogP) is 4.42. The molecule has 2 aromatic rings. The van der Waals surface area contributed by atoms with Crippen LogP contribution in [0, 0.1) is 5.41 Å². The standard InChI is InChI=1S/C12H14ClNO2.C8H14ClN5/c1-12(2)8-16-14(11(12)15)7-9-5-3-4-6-10(9)13;1-4-10-7-12-6(9)13-8(14-7)11-5(2)3/h3-6H,7-8H2,1-2H3;5H,4H2,1-3H3,(H2,10,11,12,13,14). The van der Waals surface area contributed by atoms with Crippen LogP contribution < -0.4 is 10.6 Å². The number of benzene rings is 1. The van der Waals surface area contributed by atoms with Crippen LogP contribution in [0.1, 0.15) is 40.2 Å². The fourth-order valence-corrected chi connectivity index (χ4v) is 2.86. The third kappa shape index (κ3) is 6.97. The third-order valence-electron chi connectivity index (χ3n) is 4.02. The first-order valence-electron chi connectivity index (χ1n) is 9.72. The van der Waals surface area contributed by atoms with Gasteiger partial charge in [0.15, 0.2) is 0 Å². The highest BCUT2D eigenvalue weighted by Gasteiger charge is 2.40. The van der Waals surface area contributed by atoms with Gasteiger partial charge in [-0.05, 0) is 57.8 Å². The van der Waals surface area contributed by atoms with E-state index in [0.717, 1.165) is 12.1 Å². The molecule has 0 atom stereocenters. The molecule has 2 N–H and O–H groups in total. The van der Waals surface area contributed by atoms with Crippen molar-refractivity contribution in [2.24, 2.45) is 5.41 Å². The summed E-state index contributed by atoms with van der Waals surface area (Å²) in [4.78, 5) is 29.3. The van der Waals surface area contributed by atoms with Crippen molar-refractivity contribution in [3.8, 4) is 0 Å². The average Bonchev–Trinajstić information content (AvgIpc) is 2.90. The van der Waals surface area contributed by atoms with Gasteiger partial charge in [0.1, 0.15) is 0 Å². The fraction of sp³-hybridized carbons (Fsp3) is 0.500. The first-order chi connectivity index (χ1) is 14.1. The molecule has 1 aromatic carbocycles. The number of rotatable bonds is 6. The van der Waals surface area contributed by atoms with E-state index in [9.17, 15) is 4.79 Å². The molecule has 0 bridgehead atoms. The quantitative estimate of drug-likeness (QED) is 0.666. The lowest BCUT2D eigenvalue weighted by Crippen LogP contribution is -2.30. The Hall–Kier alpha value is -2.16. The smallest absolute Gasteiger partial charge is 0.254 e. The van der Waals surface area contributed by atoms with Gasteiger partial charge in [-0.3, -0.25) is 9.63 Å². The van der Waals surface area contributed by atoms with Gasteiger partial charge in [-0.15, -0.1) is 0 Å². The molecule has 164 valence electrons. The number of hydroxylamine groups is 2. The monoisotopic (exact) mass is 454 g/mol. The molecule has 1 aliphatic heterocycles. The molecule has 1 fully saturated rings. The maximum absolute atomic E-state index is 11.9. The van der Waals surface area contributed by atoms with Crippen LogP contribution in [0.4, 0.5) is 11.9 Å². The van der Waals surface area contributed by atoms with E-state index in [4.69, 9.17) is 28.0 Å². The highest BCUT2D eigenvalue weighted by atomic mass is 35.5. The maximum atomic E-state index is 11.9. The number of halogens is 2. The van der Waals surface area contributed by atoms with E-state index in [1.165, 1.54) is 5.06 Å². The Kier molecular flexibility index (Phi) is 8.64. The summed E-state index contributed by atoms with van der Waals surface area (Å²) in [5, 5.41) is 8.27. The number of aromatic nitrogens is 3. The molecule has 0 aliphatic carbocycles. The van der Waals surface area contributed by atoms with Crippen molar-refractivity contribution in [3.63, 3.8) is 0 Å². The number of carbonyl (C=O) groups excluding carboxylic acids is 1. The molecule has 1 amide bonds. The summed E-state index contributed by atoms with van der Waals surface area (Å²) in [5.41, 5.74) is 0.469. The molecule has 30 heavy (non-hydrogen) atoms.